The molecule has 3 atom stereocenters. The summed E-state index contributed by atoms with van der Waals surface area (Å²) in [5, 5.41) is 0. The third kappa shape index (κ3) is 2.90. The van der Waals surface area contributed by atoms with Gasteiger partial charge in [-0.3, -0.25) is 9.59 Å². The van der Waals surface area contributed by atoms with E-state index in [1.807, 2.05) is 44.2 Å². The number of rotatable bonds is 3. The molecular formula is C17H20Br2O3. The molecule has 1 aliphatic heterocycles. The molecule has 120 valence electrons. The molecule has 1 aromatic rings. The lowest BCUT2D eigenvalue weighted by atomic mass is 9.67. The van der Waals surface area contributed by atoms with Crippen molar-refractivity contribution in [2.75, 3.05) is 0 Å². The lowest BCUT2D eigenvalue weighted by Gasteiger charge is -2.45. The summed E-state index contributed by atoms with van der Waals surface area (Å²) in [6, 6.07) is 9.85. The Morgan fingerprint density at radius 3 is 2.14 bits per heavy atom. The second-order valence-corrected chi connectivity index (χ2v) is 8.80. The van der Waals surface area contributed by atoms with Crippen molar-refractivity contribution in [2.45, 2.75) is 43.5 Å². The van der Waals surface area contributed by atoms with Crippen LogP contribution in [-0.4, -0.2) is 22.7 Å². The van der Waals surface area contributed by atoms with Gasteiger partial charge >= 0.3 is 5.97 Å². The van der Waals surface area contributed by atoms with Crippen molar-refractivity contribution in [3.05, 3.63) is 35.9 Å². The van der Waals surface area contributed by atoms with E-state index in [0.29, 0.717) is 0 Å². The van der Waals surface area contributed by atoms with Gasteiger partial charge in [-0.05, 0) is 33.3 Å². The van der Waals surface area contributed by atoms with Gasteiger partial charge < -0.3 is 4.74 Å². The maximum absolute atomic E-state index is 12.7. The number of ketones is 1. The number of esters is 1. The van der Waals surface area contributed by atoms with Crippen LogP contribution in [0.25, 0.3) is 0 Å². The number of cyclic esters (lactones) is 1. The Morgan fingerprint density at radius 2 is 1.59 bits per heavy atom. The predicted molar refractivity (Wildman–Crippen MR) is 93.3 cm³/mol. The number of Topliss-reactive ketones (excluding diaryl/α,β-unsaturated/α-hetero) is 1. The lowest BCUT2D eigenvalue weighted by Crippen LogP contribution is -2.58. The van der Waals surface area contributed by atoms with E-state index in [-0.39, 0.29) is 15.4 Å². The van der Waals surface area contributed by atoms with Gasteiger partial charge in [-0.1, -0.05) is 62.2 Å². The quantitative estimate of drug-likeness (QED) is 0.403. The van der Waals surface area contributed by atoms with E-state index in [1.54, 1.807) is 13.8 Å². The topological polar surface area (TPSA) is 43.4 Å². The zero-order valence-electron chi connectivity index (χ0n) is 13.1. The summed E-state index contributed by atoms with van der Waals surface area (Å²) in [6.45, 7) is 6.93. The van der Waals surface area contributed by atoms with Crippen molar-refractivity contribution in [1.29, 1.82) is 0 Å². The Hall–Kier alpha value is -0.680. The van der Waals surface area contributed by atoms with Gasteiger partial charge in [0.25, 0.3) is 0 Å². The van der Waals surface area contributed by atoms with Crippen LogP contribution in [0.4, 0.5) is 0 Å². The molecule has 1 heterocycles. The number of carbonyl (C=O) groups is 2. The van der Waals surface area contributed by atoms with Crippen LogP contribution in [0.3, 0.4) is 0 Å². The molecule has 0 amide bonds. The van der Waals surface area contributed by atoms with Crippen LogP contribution in [-0.2, 0) is 14.3 Å². The van der Waals surface area contributed by atoms with Gasteiger partial charge in [0.15, 0.2) is 5.78 Å². The Balaban J connectivity index is 2.31. The molecule has 0 N–H and O–H groups in total. The Labute approximate surface area is 148 Å². The number of alkyl halides is 2. The van der Waals surface area contributed by atoms with E-state index < -0.39 is 22.9 Å². The molecule has 0 aromatic heterocycles. The van der Waals surface area contributed by atoms with Crippen molar-refractivity contribution in [2.24, 2.45) is 10.8 Å². The molecule has 0 radical (unpaired) electrons. The Bertz CT molecular complexity index is 581. The summed E-state index contributed by atoms with van der Waals surface area (Å²) < 4.78 is 5.66. The minimum atomic E-state index is -1.10. The first-order valence-corrected chi connectivity index (χ1v) is 9.02. The summed E-state index contributed by atoms with van der Waals surface area (Å²) in [5.74, 6) is -0.544. The number of ether oxygens (including phenoxy) is 1. The number of hydrogen-bond acceptors (Lipinski definition) is 3. The molecule has 2 rings (SSSR count). The molecule has 3 nitrogen and oxygen atoms in total. The number of halogens is 2. The number of benzene rings is 1. The van der Waals surface area contributed by atoms with Crippen LogP contribution in [0.1, 0.15) is 38.1 Å². The molecule has 0 spiro atoms. The lowest BCUT2D eigenvalue weighted by molar-refractivity contribution is -0.185. The first-order chi connectivity index (χ1) is 10.1. The molecule has 1 aliphatic rings. The van der Waals surface area contributed by atoms with Crippen LogP contribution in [0.2, 0.25) is 0 Å². The highest BCUT2D eigenvalue weighted by molar-refractivity contribution is 9.12. The number of hydrogen-bond donors (Lipinski definition) is 0. The Morgan fingerprint density at radius 1 is 1.05 bits per heavy atom. The third-order valence-corrected chi connectivity index (χ3v) is 7.11. The standard InChI is InChI=1S/C17H20Br2O3/c1-16(2)13(22-15(21)17(3,4)14(16)20)12(19)11(18)10-8-6-5-7-9-10/h5-9,11-13H,1-4H3/t11-,12-,13-/m1/s1. The fourth-order valence-electron chi connectivity index (χ4n) is 2.87. The van der Waals surface area contributed by atoms with E-state index in [4.69, 9.17) is 4.74 Å². The highest BCUT2D eigenvalue weighted by atomic mass is 79.9. The fraction of sp³-hybridized carbons (Fsp3) is 0.529. The van der Waals surface area contributed by atoms with Gasteiger partial charge in [-0.2, -0.15) is 0 Å². The Kier molecular flexibility index (Phi) is 4.88. The van der Waals surface area contributed by atoms with Crippen LogP contribution >= 0.6 is 31.9 Å². The van der Waals surface area contributed by atoms with Crippen molar-refractivity contribution in [1.82, 2.24) is 0 Å². The van der Waals surface area contributed by atoms with Gasteiger partial charge in [0.05, 0.1) is 15.1 Å². The molecule has 0 saturated carbocycles. The molecule has 1 aromatic carbocycles. The summed E-state index contributed by atoms with van der Waals surface area (Å²) in [4.78, 5) is 24.6. The van der Waals surface area contributed by atoms with Crippen LogP contribution in [0, 0.1) is 10.8 Å². The van der Waals surface area contributed by atoms with Gasteiger partial charge in [0, 0.05) is 0 Å². The molecule has 0 aliphatic carbocycles. The van der Waals surface area contributed by atoms with E-state index in [1.165, 1.54) is 0 Å². The second-order valence-electron chi connectivity index (χ2n) is 6.76. The number of carbonyl (C=O) groups excluding carboxylic acids is 2. The van der Waals surface area contributed by atoms with Crippen molar-refractivity contribution >= 4 is 43.6 Å². The molecular weight excluding hydrogens is 412 g/mol. The van der Waals surface area contributed by atoms with Crippen molar-refractivity contribution in [3.63, 3.8) is 0 Å². The summed E-state index contributed by atoms with van der Waals surface area (Å²) in [5.41, 5.74) is -0.790. The van der Waals surface area contributed by atoms with Gasteiger partial charge in [0.2, 0.25) is 0 Å². The molecule has 1 saturated heterocycles. The summed E-state index contributed by atoms with van der Waals surface area (Å²) in [6.07, 6.45) is -0.537. The van der Waals surface area contributed by atoms with Crippen LogP contribution < -0.4 is 0 Å². The van der Waals surface area contributed by atoms with Crippen molar-refractivity contribution in [3.8, 4) is 0 Å². The predicted octanol–water partition coefficient (Wildman–Crippen LogP) is 4.43. The molecule has 5 heteroatoms. The largest absolute Gasteiger partial charge is 0.459 e. The van der Waals surface area contributed by atoms with Gasteiger partial charge in [-0.15, -0.1) is 0 Å². The maximum Gasteiger partial charge on any atom is 0.319 e. The fourth-order valence-corrected chi connectivity index (χ4v) is 4.53. The van der Waals surface area contributed by atoms with Crippen LogP contribution in [0.15, 0.2) is 30.3 Å². The molecule has 22 heavy (non-hydrogen) atoms. The zero-order valence-corrected chi connectivity index (χ0v) is 16.3. The first kappa shape index (κ1) is 17.7. The minimum absolute atomic E-state index is 0.0696. The SMILES string of the molecule is CC1(C)C(=O)O[C@H]([C@H](Br)[C@H](Br)c2ccccc2)C(C)(C)C1=O. The highest BCUT2D eigenvalue weighted by Gasteiger charge is 2.57. The highest BCUT2D eigenvalue weighted by Crippen LogP contribution is 2.46. The normalized spacial score (nSPS) is 26.2. The first-order valence-electron chi connectivity index (χ1n) is 7.19. The van der Waals surface area contributed by atoms with Gasteiger partial charge in [0.1, 0.15) is 11.5 Å². The van der Waals surface area contributed by atoms with E-state index in [0.717, 1.165) is 5.56 Å². The maximum atomic E-state index is 12.7. The monoisotopic (exact) mass is 430 g/mol. The average Bonchev–Trinajstić information content (AvgIpc) is 2.49. The third-order valence-electron chi connectivity index (χ3n) is 4.30. The smallest absolute Gasteiger partial charge is 0.319 e. The molecule has 1 fully saturated rings. The van der Waals surface area contributed by atoms with Crippen LogP contribution in [0.5, 0.6) is 0 Å². The van der Waals surface area contributed by atoms with E-state index in [9.17, 15) is 9.59 Å². The molecule has 0 unspecified atom stereocenters. The van der Waals surface area contributed by atoms with E-state index in [2.05, 4.69) is 31.9 Å². The summed E-state index contributed by atoms with van der Waals surface area (Å²) >= 11 is 7.29. The van der Waals surface area contributed by atoms with Gasteiger partial charge in [-0.25, -0.2) is 0 Å². The molecule has 0 bridgehead atoms. The average molecular weight is 432 g/mol. The minimum Gasteiger partial charge on any atom is -0.459 e. The van der Waals surface area contributed by atoms with E-state index >= 15 is 0 Å². The zero-order chi connectivity index (χ0) is 16.7. The second kappa shape index (κ2) is 6.08. The summed E-state index contributed by atoms with van der Waals surface area (Å²) in [7, 11) is 0. The van der Waals surface area contributed by atoms with Crippen molar-refractivity contribution < 1.29 is 14.3 Å².